The Morgan fingerprint density at radius 3 is 1.42 bits per heavy atom. The van der Waals surface area contributed by atoms with Gasteiger partial charge in [-0.15, -0.1) is 0 Å². The first-order chi connectivity index (χ1) is 29.3. The van der Waals surface area contributed by atoms with Gasteiger partial charge in [0.25, 0.3) is 0 Å². The molecule has 9 aromatic rings. The van der Waals surface area contributed by atoms with Crippen LogP contribution >= 0.6 is 0 Å². The Kier molecular flexibility index (Phi) is 12.8. The third kappa shape index (κ3) is 9.80. The van der Waals surface area contributed by atoms with E-state index in [4.69, 9.17) is 14.2 Å². The Bertz CT molecular complexity index is 2770. The number of halogens is 3. The minimum Gasteiger partial charge on any atom is -0.497 e. The molecule has 0 saturated heterocycles. The van der Waals surface area contributed by atoms with Crippen molar-refractivity contribution in [3.63, 3.8) is 0 Å². The molecule has 0 aliphatic heterocycles. The summed E-state index contributed by atoms with van der Waals surface area (Å²) < 4.78 is 55.7. The summed E-state index contributed by atoms with van der Waals surface area (Å²) in [6.45, 7) is 0. The van der Waals surface area contributed by atoms with E-state index in [9.17, 15) is 13.2 Å². The summed E-state index contributed by atoms with van der Waals surface area (Å²) in [5.41, 5.74) is 7.31. The summed E-state index contributed by atoms with van der Waals surface area (Å²) in [6.07, 6.45) is 5.09. The molecule has 12 heteroatoms. The number of hydrogen-bond donors (Lipinski definition) is 3. The first-order valence-electron chi connectivity index (χ1n) is 18.7. The third-order valence-corrected chi connectivity index (χ3v) is 9.25. The standard InChI is InChI=1S/C16H12F2N2O.C16H13FN2O.C16H14N2O/c1-21-12-6-7-13(14(18)8-12)15-9-19-16(20-15)10-2-4-11(17)5-3-10;1-20-15-8-7-12(9-13(15)17)14-10-18-16(19-14)11-5-3-2-4-6-11;1-19-14-9-5-8-13(10-14)15-11-17-16(18-15)12-6-3-2-4-7-12/h2-9H,1H3,(H,19,20);2-10H,1H3,(H,18,19);2-11H,1H3,(H,17,18). The van der Waals surface area contributed by atoms with Gasteiger partial charge in [-0.25, -0.2) is 28.1 Å². The van der Waals surface area contributed by atoms with E-state index in [-0.39, 0.29) is 17.4 Å². The molecular formula is C48H39F3N6O3. The average Bonchev–Trinajstić information content (AvgIpc) is 4.11. The van der Waals surface area contributed by atoms with Crippen molar-refractivity contribution in [3.8, 4) is 85.2 Å². The summed E-state index contributed by atoms with van der Waals surface area (Å²) >= 11 is 0. The number of imidazole rings is 3. The molecule has 0 fully saturated rings. The Hall–Kier alpha value is -7.86. The molecular weight excluding hydrogens is 766 g/mol. The van der Waals surface area contributed by atoms with Gasteiger partial charge in [0, 0.05) is 39.4 Å². The van der Waals surface area contributed by atoms with Crippen LogP contribution < -0.4 is 14.2 Å². The highest BCUT2D eigenvalue weighted by Crippen LogP contribution is 2.29. The van der Waals surface area contributed by atoms with E-state index in [1.807, 2.05) is 91.1 Å². The van der Waals surface area contributed by atoms with Crippen LogP contribution in [0.2, 0.25) is 0 Å². The van der Waals surface area contributed by atoms with Crippen molar-refractivity contribution in [2.24, 2.45) is 0 Å². The van der Waals surface area contributed by atoms with Crippen LogP contribution in [-0.4, -0.2) is 51.2 Å². The summed E-state index contributed by atoms with van der Waals surface area (Å²) in [5, 5.41) is 0. The molecule has 0 aliphatic rings. The van der Waals surface area contributed by atoms with Crippen molar-refractivity contribution in [1.29, 1.82) is 0 Å². The topological polar surface area (TPSA) is 114 Å². The van der Waals surface area contributed by atoms with Crippen molar-refractivity contribution in [3.05, 3.63) is 182 Å². The zero-order chi connectivity index (χ0) is 41.8. The number of H-pyrrole nitrogens is 3. The van der Waals surface area contributed by atoms with E-state index in [0.717, 1.165) is 56.6 Å². The lowest BCUT2D eigenvalue weighted by molar-refractivity contribution is 0.386. The summed E-state index contributed by atoms with van der Waals surface area (Å²) in [5.74, 6) is 2.62. The second-order valence-electron chi connectivity index (χ2n) is 13.1. The highest BCUT2D eigenvalue weighted by atomic mass is 19.1. The number of hydrogen-bond acceptors (Lipinski definition) is 6. The maximum Gasteiger partial charge on any atom is 0.165 e. The zero-order valence-electron chi connectivity index (χ0n) is 32.8. The van der Waals surface area contributed by atoms with Gasteiger partial charge in [-0.1, -0.05) is 72.8 Å². The van der Waals surface area contributed by atoms with Gasteiger partial charge in [0.2, 0.25) is 0 Å². The van der Waals surface area contributed by atoms with Crippen LogP contribution in [0.1, 0.15) is 0 Å². The number of rotatable bonds is 9. The molecule has 0 radical (unpaired) electrons. The van der Waals surface area contributed by atoms with Crippen LogP contribution in [0.3, 0.4) is 0 Å². The van der Waals surface area contributed by atoms with E-state index >= 15 is 0 Å². The fourth-order valence-electron chi connectivity index (χ4n) is 6.10. The van der Waals surface area contributed by atoms with E-state index in [1.54, 1.807) is 55.9 Å². The fourth-order valence-corrected chi connectivity index (χ4v) is 6.10. The van der Waals surface area contributed by atoms with Gasteiger partial charge < -0.3 is 29.2 Å². The third-order valence-electron chi connectivity index (χ3n) is 9.25. The molecule has 6 aromatic carbocycles. The lowest BCUT2D eigenvalue weighted by Crippen LogP contribution is -1.88. The Balaban J connectivity index is 0.000000136. The van der Waals surface area contributed by atoms with E-state index < -0.39 is 5.82 Å². The predicted molar refractivity (Wildman–Crippen MR) is 228 cm³/mol. The van der Waals surface area contributed by atoms with Crippen LogP contribution in [0.5, 0.6) is 17.2 Å². The molecule has 0 amide bonds. The zero-order valence-corrected chi connectivity index (χ0v) is 32.8. The van der Waals surface area contributed by atoms with Crippen LogP contribution in [0.25, 0.3) is 67.9 Å². The number of methoxy groups -OCH3 is 3. The number of ether oxygens (including phenoxy) is 3. The largest absolute Gasteiger partial charge is 0.497 e. The number of aromatic amines is 3. The lowest BCUT2D eigenvalue weighted by atomic mass is 10.1. The highest BCUT2D eigenvalue weighted by molar-refractivity contribution is 5.67. The van der Waals surface area contributed by atoms with Gasteiger partial charge in [-0.05, 0) is 66.7 Å². The number of aromatic nitrogens is 6. The van der Waals surface area contributed by atoms with Crippen molar-refractivity contribution >= 4 is 0 Å². The van der Waals surface area contributed by atoms with Crippen LogP contribution in [-0.2, 0) is 0 Å². The monoisotopic (exact) mass is 804 g/mol. The number of benzene rings is 6. The summed E-state index contributed by atoms with van der Waals surface area (Å²) in [4.78, 5) is 22.5. The molecule has 0 saturated carbocycles. The molecule has 9 nitrogen and oxygen atoms in total. The molecule has 0 bridgehead atoms. The van der Waals surface area contributed by atoms with E-state index in [0.29, 0.717) is 22.8 Å². The smallest absolute Gasteiger partial charge is 0.165 e. The quantitative estimate of drug-likeness (QED) is 0.134. The van der Waals surface area contributed by atoms with Gasteiger partial charge in [-0.3, -0.25) is 0 Å². The molecule has 3 aromatic heterocycles. The summed E-state index contributed by atoms with van der Waals surface area (Å²) in [6, 6.07) is 43.2. The molecule has 0 aliphatic carbocycles. The van der Waals surface area contributed by atoms with Crippen LogP contribution in [0.15, 0.2) is 164 Å². The van der Waals surface area contributed by atoms with Crippen LogP contribution in [0.4, 0.5) is 13.2 Å². The first-order valence-corrected chi connectivity index (χ1v) is 18.7. The van der Waals surface area contributed by atoms with Gasteiger partial charge in [0.1, 0.15) is 40.6 Å². The molecule has 300 valence electrons. The molecule has 3 heterocycles. The molecule has 0 spiro atoms. The fraction of sp³-hybridized carbons (Fsp3) is 0.0625. The predicted octanol–water partition coefficient (Wildman–Crippen LogP) is 11.7. The Labute approximate surface area is 344 Å². The number of nitrogens with zero attached hydrogens (tertiary/aromatic N) is 3. The summed E-state index contributed by atoms with van der Waals surface area (Å²) in [7, 11) is 4.60. The maximum atomic E-state index is 14.0. The highest BCUT2D eigenvalue weighted by Gasteiger charge is 2.12. The van der Waals surface area contributed by atoms with Gasteiger partial charge in [0.15, 0.2) is 11.6 Å². The average molecular weight is 805 g/mol. The van der Waals surface area contributed by atoms with Gasteiger partial charge in [0.05, 0.1) is 57.0 Å². The van der Waals surface area contributed by atoms with E-state index in [1.165, 1.54) is 38.5 Å². The lowest BCUT2D eigenvalue weighted by Gasteiger charge is -2.03. The van der Waals surface area contributed by atoms with Crippen molar-refractivity contribution < 1.29 is 27.4 Å². The molecule has 60 heavy (non-hydrogen) atoms. The van der Waals surface area contributed by atoms with Crippen LogP contribution in [0, 0.1) is 17.5 Å². The second kappa shape index (κ2) is 19.1. The minimum atomic E-state index is -0.399. The molecule has 9 rings (SSSR count). The van der Waals surface area contributed by atoms with E-state index in [2.05, 4.69) is 29.9 Å². The number of nitrogens with one attached hydrogen (secondary N) is 3. The normalized spacial score (nSPS) is 10.5. The SMILES string of the molecule is COc1ccc(-c2cnc(-c3ccc(F)cc3)[nH]2)c(F)c1.COc1ccc(-c2cnc(-c3ccccc3)[nH]2)cc1F.COc1cccc(-c2cnc(-c3ccccc3)[nH]2)c1. The minimum absolute atomic E-state index is 0.233. The van der Waals surface area contributed by atoms with Gasteiger partial charge >= 0.3 is 0 Å². The molecule has 3 N–H and O–H groups in total. The van der Waals surface area contributed by atoms with Crippen molar-refractivity contribution in [2.75, 3.05) is 21.3 Å². The maximum absolute atomic E-state index is 14.0. The van der Waals surface area contributed by atoms with Crippen molar-refractivity contribution in [1.82, 2.24) is 29.9 Å². The molecule has 0 unspecified atom stereocenters. The second-order valence-corrected chi connectivity index (χ2v) is 13.1. The Morgan fingerprint density at radius 1 is 0.400 bits per heavy atom. The first kappa shape index (κ1) is 40.3. The molecule has 0 atom stereocenters. The van der Waals surface area contributed by atoms with Gasteiger partial charge in [-0.2, -0.15) is 0 Å². The Morgan fingerprint density at radius 2 is 0.883 bits per heavy atom. The van der Waals surface area contributed by atoms with Crippen molar-refractivity contribution in [2.45, 2.75) is 0 Å².